The van der Waals surface area contributed by atoms with Crippen molar-refractivity contribution >= 4 is 50.1 Å². The Kier molecular flexibility index (Phi) is 6.15. The summed E-state index contributed by atoms with van der Waals surface area (Å²) in [6.45, 7) is 0. The lowest BCUT2D eigenvalue weighted by atomic mass is 10.2. The molecule has 0 aliphatic heterocycles. The van der Waals surface area contributed by atoms with E-state index in [-0.39, 0.29) is 32.9 Å². The molecule has 34 heavy (non-hydrogen) atoms. The minimum atomic E-state index is -4.19. The molecule has 0 unspecified atom stereocenters. The van der Waals surface area contributed by atoms with E-state index in [2.05, 4.69) is 29.8 Å². The van der Waals surface area contributed by atoms with E-state index in [4.69, 9.17) is 4.63 Å². The Balaban J connectivity index is 1.69. The Morgan fingerprint density at radius 1 is 0.794 bits per heavy atom. The van der Waals surface area contributed by atoms with Gasteiger partial charge in [0.25, 0.3) is 10.0 Å². The van der Waals surface area contributed by atoms with Crippen LogP contribution in [0.4, 0.5) is 17.1 Å². The van der Waals surface area contributed by atoms with Gasteiger partial charge >= 0.3 is 11.9 Å². The number of benzene rings is 3. The second-order valence-corrected chi connectivity index (χ2v) is 8.56. The number of carbonyl (C=O) groups excluding carboxylic acids is 2. The number of nitrogens with one attached hydrogen (secondary N) is 2. The molecule has 3 aromatic carbocycles. The quantitative estimate of drug-likeness (QED) is 0.375. The minimum Gasteiger partial charge on any atom is -0.465 e. The molecule has 0 aliphatic carbocycles. The third kappa shape index (κ3) is 4.52. The first-order valence-electron chi connectivity index (χ1n) is 9.74. The first kappa shape index (κ1) is 22.7. The zero-order valence-electron chi connectivity index (χ0n) is 17.9. The highest BCUT2D eigenvalue weighted by Crippen LogP contribution is 2.32. The van der Waals surface area contributed by atoms with Crippen LogP contribution in [0, 0.1) is 0 Å². The van der Waals surface area contributed by atoms with Crippen LogP contribution in [-0.2, 0) is 19.5 Å². The Morgan fingerprint density at radius 2 is 1.35 bits per heavy atom. The van der Waals surface area contributed by atoms with E-state index in [9.17, 15) is 18.0 Å². The second kappa shape index (κ2) is 9.19. The molecule has 0 atom stereocenters. The SMILES string of the molecule is COC(=O)c1ccc(Nc2ccc3nonc3c2S(=O)(=O)Nc2ccc(C(=O)OC)cc2)cc1. The molecule has 0 saturated heterocycles. The first-order valence-corrected chi connectivity index (χ1v) is 11.2. The molecule has 0 bridgehead atoms. The van der Waals surface area contributed by atoms with Crippen LogP contribution in [0.3, 0.4) is 0 Å². The molecule has 0 spiro atoms. The summed E-state index contributed by atoms with van der Waals surface area (Å²) in [5.74, 6) is -1.04. The number of methoxy groups -OCH3 is 2. The van der Waals surface area contributed by atoms with Gasteiger partial charge in [-0.15, -0.1) is 0 Å². The number of rotatable bonds is 7. The maximum atomic E-state index is 13.4. The number of anilines is 3. The zero-order valence-corrected chi connectivity index (χ0v) is 18.8. The molecule has 4 aromatic rings. The number of carbonyl (C=O) groups is 2. The highest BCUT2D eigenvalue weighted by atomic mass is 32.2. The number of aromatic nitrogens is 2. The van der Waals surface area contributed by atoms with Gasteiger partial charge in [0, 0.05) is 11.4 Å². The maximum Gasteiger partial charge on any atom is 0.337 e. The summed E-state index contributed by atoms with van der Waals surface area (Å²) in [6.07, 6.45) is 0. The summed E-state index contributed by atoms with van der Waals surface area (Å²) in [6, 6.07) is 15.1. The van der Waals surface area contributed by atoms with Crippen molar-refractivity contribution < 1.29 is 32.1 Å². The van der Waals surface area contributed by atoms with Crippen LogP contribution in [0.15, 0.2) is 70.2 Å². The highest BCUT2D eigenvalue weighted by molar-refractivity contribution is 7.93. The Morgan fingerprint density at radius 3 is 1.91 bits per heavy atom. The molecule has 0 amide bonds. The van der Waals surface area contributed by atoms with Crippen molar-refractivity contribution in [2.45, 2.75) is 4.90 Å². The van der Waals surface area contributed by atoms with Crippen LogP contribution in [0.5, 0.6) is 0 Å². The molecular formula is C22H18N4O7S. The molecule has 1 aromatic heterocycles. The van der Waals surface area contributed by atoms with E-state index in [1.807, 2.05) is 0 Å². The lowest BCUT2D eigenvalue weighted by molar-refractivity contribution is 0.0592. The maximum absolute atomic E-state index is 13.4. The normalized spacial score (nSPS) is 11.1. The second-order valence-electron chi connectivity index (χ2n) is 6.94. The van der Waals surface area contributed by atoms with Crippen LogP contribution in [-0.4, -0.2) is 44.9 Å². The fourth-order valence-corrected chi connectivity index (χ4v) is 4.51. The van der Waals surface area contributed by atoms with E-state index in [1.54, 1.807) is 30.3 Å². The van der Waals surface area contributed by atoms with Gasteiger partial charge in [0.1, 0.15) is 10.4 Å². The number of nitrogens with zero attached hydrogens (tertiary/aromatic N) is 2. The summed E-state index contributed by atoms with van der Waals surface area (Å²) >= 11 is 0. The van der Waals surface area contributed by atoms with E-state index < -0.39 is 22.0 Å². The monoisotopic (exact) mass is 482 g/mol. The number of ether oxygens (including phenoxy) is 2. The molecule has 0 saturated carbocycles. The Hall–Kier alpha value is -4.45. The number of sulfonamides is 1. The molecule has 2 N–H and O–H groups in total. The summed E-state index contributed by atoms with van der Waals surface area (Å²) in [5, 5.41) is 10.5. The predicted octanol–water partition coefficient (Wildman–Crippen LogP) is 3.34. The molecule has 12 heteroatoms. The van der Waals surface area contributed by atoms with Gasteiger partial charge in [0.05, 0.1) is 31.0 Å². The van der Waals surface area contributed by atoms with Crippen LogP contribution < -0.4 is 10.0 Å². The van der Waals surface area contributed by atoms with Gasteiger partial charge in [0.2, 0.25) is 0 Å². The van der Waals surface area contributed by atoms with Crippen LogP contribution >= 0.6 is 0 Å². The van der Waals surface area contributed by atoms with Gasteiger partial charge < -0.3 is 14.8 Å². The van der Waals surface area contributed by atoms with Crippen LogP contribution in [0.25, 0.3) is 11.0 Å². The van der Waals surface area contributed by atoms with E-state index >= 15 is 0 Å². The summed E-state index contributed by atoms with van der Waals surface area (Å²) in [4.78, 5) is 23.1. The first-order chi connectivity index (χ1) is 16.3. The largest absolute Gasteiger partial charge is 0.465 e. The molecule has 1 heterocycles. The van der Waals surface area contributed by atoms with Gasteiger partial charge in [0.15, 0.2) is 5.52 Å². The van der Waals surface area contributed by atoms with Crippen molar-refractivity contribution in [2.75, 3.05) is 24.3 Å². The highest BCUT2D eigenvalue weighted by Gasteiger charge is 2.26. The Bertz CT molecular complexity index is 1460. The lowest BCUT2D eigenvalue weighted by Gasteiger charge is -2.14. The standard InChI is InChI=1S/C22H18N4O7S/c1-31-21(27)13-3-7-15(8-4-13)23-18-12-11-17-19(25-33-24-17)20(18)34(29,30)26-16-9-5-14(6-10-16)22(28)32-2/h3-12,23,26H,1-2H3. The van der Waals surface area contributed by atoms with Crippen molar-refractivity contribution in [2.24, 2.45) is 0 Å². The number of esters is 2. The third-order valence-electron chi connectivity index (χ3n) is 4.79. The summed E-state index contributed by atoms with van der Waals surface area (Å²) in [7, 11) is -1.66. The topological polar surface area (TPSA) is 150 Å². The number of hydrogen-bond acceptors (Lipinski definition) is 10. The van der Waals surface area contributed by atoms with Crippen molar-refractivity contribution in [3.63, 3.8) is 0 Å². The van der Waals surface area contributed by atoms with Gasteiger partial charge in [-0.2, -0.15) is 0 Å². The molecule has 11 nitrogen and oxygen atoms in total. The molecule has 4 rings (SSSR count). The third-order valence-corrected chi connectivity index (χ3v) is 6.25. The minimum absolute atomic E-state index is 0.0230. The van der Waals surface area contributed by atoms with Crippen molar-refractivity contribution in [3.05, 3.63) is 71.8 Å². The zero-order chi connectivity index (χ0) is 24.3. The van der Waals surface area contributed by atoms with Crippen molar-refractivity contribution in [3.8, 4) is 0 Å². The molecule has 0 fully saturated rings. The average Bonchev–Trinajstić information content (AvgIpc) is 3.32. The van der Waals surface area contributed by atoms with Gasteiger partial charge in [-0.05, 0) is 71.0 Å². The fourth-order valence-electron chi connectivity index (χ4n) is 3.16. The van der Waals surface area contributed by atoms with Gasteiger partial charge in [-0.1, -0.05) is 0 Å². The van der Waals surface area contributed by atoms with Crippen molar-refractivity contribution in [1.29, 1.82) is 0 Å². The molecule has 174 valence electrons. The fraction of sp³-hybridized carbons (Fsp3) is 0.0909. The molecule has 0 aliphatic rings. The van der Waals surface area contributed by atoms with E-state index in [0.29, 0.717) is 11.3 Å². The van der Waals surface area contributed by atoms with Gasteiger partial charge in [-0.25, -0.2) is 22.6 Å². The lowest BCUT2D eigenvalue weighted by Crippen LogP contribution is -2.15. The van der Waals surface area contributed by atoms with Crippen molar-refractivity contribution in [1.82, 2.24) is 10.3 Å². The number of hydrogen-bond donors (Lipinski definition) is 2. The Labute approximate surface area is 193 Å². The smallest absolute Gasteiger partial charge is 0.337 e. The van der Waals surface area contributed by atoms with E-state index in [0.717, 1.165) is 0 Å². The molecule has 0 radical (unpaired) electrons. The van der Waals surface area contributed by atoms with Crippen LogP contribution in [0.1, 0.15) is 20.7 Å². The van der Waals surface area contributed by atoms with Gasteiger partial charge in [-0.3, -0.25) is 4.72 Å². The average molecular weight is 482 g/mol. The summed E-state index contributed by atoms with van der Waals surface area (Å²) < 4.78 is 43.3. The summed E-state index contributed by atoms with van der Waals surface area (Å²) in [5.41, 5.74) is 1.81. The number of fused-ring (bicyclic) bond motifs is 1. The predicted molar refractivity (Wildman–Crippen MR) is 121 cm³/mol. The van der Waals surface area contributed by atoms with Crippen LogP contribution in [0.2, 0.25) is 0 Å². The van der Waals surface area contributed by atoms with E-state index in [1.165, 1.54) is 44.6 Å². The molecular weight excluding hydrogens is 464 g/mol.